The fraction of sp³-hybridized carbons (Fsp3) is 0.143. The maximum absolute atomic E-state index is 8.45. The van der Waals surface area contributed by atoms with E-state index in [1.165, 1.54) is 11.0 Å². The molecule has 0 aromatic carbocycles. The third-order valence-corrected chi connectivity index (χ3v) is 1.45. The van der Waals surface area contributed by atoms with E-state index in [2.05, 4.69) is 15.2 Å². The van der Waals surface area contributed by atoms with Gasteiger partial charge in [0.2, 0.25) is 0 Å². The summed E-state index contributed by atoms with van der Waals surface area (Å²) in [7, 11) is 0. The highest BCUT2D eigenvalue weighted by Gasteiger charge is 2.01. The molecule has 0 N–H and O–H groups in total. The predicted octanol–water partition coefficient (Wildman–Crippen LogP) is 0.186. The van der Waals surface area contributed by atoms with E-state index < -0.39 is 0 Å². The van der Waals surface area contributed by atoms with Gasteiger partial charge in [0.15, 0.2) is 5.76 Å². The number of nitrogens with zero attached hydrogens (tertiary/aromatic N) is 5. The highest BCUT2D eigenvalue weighted by molar-refractivity contribution is 5.06. The van der Waals surface area contributed by atoms with Crippen molar-refractivity contribution < 1.29 is 4.52 Å². The Bertz CT molecular complexity index is 424. The number of hydrogen-bond acceptors (Lipinski definition) is 5. The van der Waals surface area contributed by atoms with Crippen molar-refractivity contribution in [2.75, 3.05) is 0 Å². The Hall–Kier alpha value is -2.16. The van der Waals surface area contributed by atoms with Crippen LogP contribution < -0.4 is 0 Å². The molecule has 0 amide bonds. The van der Waals surface area contributed by atoms with Gasteiger partial charge in [0.05, 0.1) is 6.20 Å². The third-order valence-electron chi connectivity index (χ3n) is 1.45. The van der Waals surface area contributed by atoms with Crippen LogP contribution in [0.15, 0.2) is 23.1 Å². The summed E-state index contributed by atoms with van der Waals surface area (Å²) in [5.74, 6) is 0.828. The van der Waals surface area contributed by atoms with Crippen LogP contribution >= 0.6 is 0 Å². The largest absolute Gasteiger partial charge is 0.359 e. The maximum Gasteiger partial charge on any atom is 0.252 e. The molecule has 0 spiro atoms. The van der Waals surface area contributed by atoms with E-state index in [4.69, 9.17) is 9.78 Å². The molecule has 0 saturated carbocycles. The summed E-state index contributed by atoms with van der Waals surface area (Å²) in [5, 5.41) is 15.9. The van der Waals surface area contributed by atoms with Gasteiger partial charge in [-0.1, -0.05) is 5.16 Å². The summed E-state index contributed by atoms with van der Waals surface area (Å²) in [6, 6.07) is 3.57. The van der Waals surface area contributed by atoms with Gasteiger partial charge in [0.25, 0.3) is 5.82 Å². The van der Waals surface area contributed by atoms with Crippen molar-refractivity contribution in [1.29, 1.82) is 5.26 Å². The van der Waals surface area contributed by atoms with E-state index in [-0.39, 0.29) is 5.82 Å². The molecule has 0 saturated heterocycles. The molecule has 0 radical (unpaired) electrons. The number of aromatic nitrogens is 4. The van der Waals surface area contributed by atoms with Crippen LogP contribution in [0.2, 0.25) is 0 Å². The summed E-state index contributed by atoms with van der Waals surface area (Å²) >= 11 is 0. The summed E-state index contributed by atoms with van der Waals surface area (Å²) < 4.78 is 6.37. The van der Waals surface area contributed by atoms with Gasteiger partial charge in [-0.2, -0.15) is 5.26 Å². The summed E-state index contributed by atoms with van der Waals surface area (Å²) in [5.41, 5.74) is 0. The Morgan fingerprint density at radius 3 is 3.15 bits per heavy atom. The lowest BCUT2D eigenvalue weighted by atomic mass is 10.5. The second-order valence-corrected chi connectivity index (χ2v) is 2.36. The number of nitriles is 1. The number of hydrogen-bond donors (Lipinski definition) is 0. The molecule has 2 heterocycles. The smallest absolute Gasteiger partial charge is 0.252 e. The molecule has 0 unspecified atom stereocenters. The van der Waals surface area contributed by atoms with Crippen molar-refractivity contribution in [3.05, 3.63) is 30.2 Å². The van der Waals surface area contributed by atoms with Crippen LogP contribution in [0.4, 0.5) is 0 Å². The van der Waals surface area contributed by atoms with E-state index >= 15 is 0 Å². The Morgan fingerprint density at radius 1 is 1.62 bits per heavy atom. The second kappa shape index (κ2) is 3.06. The first-order valence-electron chi connectivity index (χ1n) is 3.57. The first-order valence-corrected chi connectivity index (χ1v) is 3.57. The SMILES string of the molecule is N#Cc1ncn(Cc2ccno2)n1. The molecule has 6 nitrogen and oxygen atoms in total. The topological polar surface area (TPSA) is 80.5 Å². The first-order chi connectivity index (χ1) is 6.38. The molecule has 0 aliphatic heterocycles. The van der Waals surface area contributed by atoms with Crippen molar-refractivity contribution in [1.82, 2.24) is 19.9 Å². The fourth-order valence-electron chi connectivity index (χ4n) is 0.905. The Labute approximate surface area is 73.4 Å². The molecule has 0 aliphatic rings. The van der Waals surface area contributed by atoms with E-state index in [0.29, 0.717) is 12.3 Å². The molecular formula is C7H5N5O. The van der Waals surface area contributed by atoms with Crippen LogP contribution in [0.5, 0.6) is 0 Å². The van der Waals surface area contributed by atoms with Crippen LogP contribution in [-0.2, 0) is 6.54 Å². The van der Waals surface area contributed by atoms with Crippen molar-refractivity contribution in [3.63, 3.8) is 0 Å². The molecule has 2 aromatic heterocycles. The highest BCUT2D eigenvalue weighted by Crippen LogP contribution is 1.99. The predicted molar refractivity (Wildman–Crippen MR) is 40.3 cm³/mol. The minimum absolute atomic E-state index is 0.152. The third kappa shape index (κ3) is 1.54. The van der Waals surface area contributed by atoms with Crippen LogP contribution in [0.25, 0.3) is 0 Å². The molecular weight excluding hydrogens is 170 g/mol. The molecule has 0 atom stereocenters. The van der Waals surface area contributed by atoms with Crippen LogP contribution in [-0.4, -0.2) is 19.9 Å². The lowest BCUT2D eigenvalue weighted by Gasteiger charge is -1.92. The molecule has 13 heavy (non-hydrogen) atoms. The Balaban J connectivity index is 2.15. The van der Waals surface area contributed by atoms with Gasteiger partial charge in [-0.05, 0) is 0 Å². The zero-order valence-electron chi connectivity index (χ0n) is 6.58. The molecule has 2 aromatic rings. The van der Waals surface area contributed by atoms with E-state index in [1.54, 1.807) is 12.3 Å². The Kier molecular flexibility index (Phi) is 1.77. The second-order valence-electron chi connectivity index (χ2n) is 2.36. The average molecular weight is 175 g/mol. The van der Waals surface area contributed by atoms with Crippen molar-refractivity contribution >= 4 is 0 Å². The van der Waals surface area contributed by atoms with E-state index in [0.717, 1.165) is 0 Å². The van der Waals surface area contributed by atoms with Crippen LogP contribution in [0.1, 0.15) is 11.6 Å². The quantitative estimate of drug-likeness (QED) is 0.650. The standard InChI is InChI=1S/C7H5N5O/c8-3-7-9-5-12(11-7)4-6-1-2-10-13-6/h1-2,5H,4H2. The van der Waals surface area contributed by atoms with Crippen LogP contribution in [0, 0.1) is 11.3 Å². The molecule has 0 fully saturated rings. The monoisotopic (exact) mass is 175 g/mol. The van der Waals surface area contributed by atoms with Gasteiger partial charge in [-0.25, -0.2) is 9.67 Å². The average Bonchev–Trinajstić information content (AvgIpc) is 2.76. The van der Waals surface area contributed by atoms with Crippen molar-refractivity contribution in [2.45, 2.75) is 6.54 Å². The minimum Gasteiger partial charge on any atom is -0.359 e. The van der Waals surface area contributed by atoms with Crippen LogP contribution in [0.3, 0.4) is 0 Å². The minimum atomic E-state index is 0.152. The van der Waals surface area contributed by atoms with Gasteiger partial charge in [0, 0.05) is 6.07 Å². The molecule has 64 valence electrons. The molecule has 0 aliphatic carbocycles. The van der Waals surface area contributed by atoms with E-state index in [9.17, 15) is 0 Å². The molecule has 6 heteroatoms. The lowest BCUT2D eigenvalue weighted by molar-refractivity contribution is 0.371. The van der Waals surface area contributed by atoms with Gasteiger partial charge in [-0.3, -0.25) is 0 Å². The molecule has 0 bridgehead atoms. The summed E-state index contributed by atoms with van der Waals surface area (Å²) in [6.07, 6.45) is 3.03. The zero-order chi connectivity index (χ0) is 9.10. The van der Waals surface area contributed by atoms with Crippen molar-refractivity contribution in [2.24, 2.45) is 0 Å². The van der Waals surface area contributed by atoms with Crippen molar-refractivity contribution in [3.8, 4) is 6.07 Å². The first kappa shape index (κ1) is 7.49. The molecule has 2 rings (SSSR count). The van der Waals surface area contributed by atoms with Gasteiger partial charge >= 0.3 is 0 Å². The highest BCUT2D eigenvalue weighted by atomic mass is 16.5. The lowest BCUT2D eigenvalue weighted by Crippen LogP contribution is -1.99. The van der Waals surface area contributed by atoms with Gasteiger partial charge < -0.3 is 4.52 Å². The number of rotatable bonds is 2. The zero-order valence-corrected chi connectivity index (χ0v) is 6.58. The fourth-order valence-corrected chi connectivity index (χ4v) is 0.905. The van der Waals surface area contributed by atoms with E-state index in [1.807, 2.05) is 6.07 Å². The maximum atomic E-state index is 8.45. The van der Waals surface area contributed by atoms with Gasteiger partial charge in [-0.15, -0.1) is 5.10 Å². The normalized spacial score (nSPS) is 9.77. The summed E-state index contributed by atoms with van der Waals surface area (Å²) in [6.45, 7) is 0.439. The summed E-state index contributed by atoms with van der Waals surface area (Å²) in [4.78, 5) is 3.74. The Morgan fingerprint density at radius 2 is 2.54 bits per heavy atom. The van der Waals surface area contributed by atoms with Gasteiger partial charge in [0.1, 0.15) is 18.9 Å².